The Hall–Kier alpha value is -2.43. The minimum Gasteiger partial charge on any atom is -0.360 e. The van der Waals surface area contributed by atoms with E-state index in [4.69, 9.17) is 23.2 Å². The van der Waals surface area contributed by atoms with Crippen LogP contribution >= 0.6 is 23.2 Å². The highest BCUT2D eigenvalue weighted by molar-refractivity contribution is 6.33. The highest BCUT2D eigenvalue weighted by Gasteiger charge is 2.05. The maximum absolute atomic E-state index is 12.6. The summed E-state index contributed by atoms with van der Waals surface area (Å²) in [5, 5.41) is 8.00. The lowest BCUT2D eigenvalue weighted by atomic mass is 10.3. The van der Waals surface area contributed by atoms with Gasteiger partial charge in [-0.1, -0.05) is 48.0 Å². The predicted octanol–water partition coefficient (Wildman–Crippen LogP) is 2.73. The molecule has 0 atom stereocenters. The van der Waals surface area contributed by atoms with Gasteiger partial charge in [0.25, 0.3) is 5.56 Å². The van der Waals surface area contributed by atoms with E-state index in [9.17, 15) is 4.79 Å². The zero-order chi connectivity index (χ0) is 16.4. The third-order valence-corrected chi connectivity index (χ3v) is 3.88. The summed E-state index contributed by atoms with van der Waals surface area (Å²) in [7, 11) is 0. The molecule has 0 aliphatic carbocycles. The van der Waals surface area contributed by atoms with Crippen LogP contribution in [0.15, 0.2) is 53.3 Å². The molecule has 2 aromatic carbocycles. The molecule has 0 spiro atoms. The van der Waals surface area contributed by atoms with Crippen LogP contribution in [-0.4, -0.2) is 9.78 Å². The van der Waals surface area contributed by atoms with Crippen LogP contribution in [0.3, 0.4) is 0 Å². The number of para-hydroxylation sites is 1. The largest absolute Gasteiger partial charge is 0.360 e. The normalized spacial score (nSPS) is 11.7. The second-order valence-electron chi connectivity index (χ2n) is 4.89. The van der Waals surface area contributed by atoms with Gasteiger partial charge in [-0.25, -0.2) is 4.68 Å². The molecule has 116 valence electrons. The molecular weight excluding hydrogens is 333 g/mol. The third kappa shape index (κ3) is 3.18. The molecular formula is C17H13Cl2N3O. The fourth-order valence-electron chi connectivity index (χ4n) is 2.17. The number of aromatic nitrogens is 2. The van der Waals surface area contributed by atoms with Crippen LogP contribution in [0.5, 0.6) is 0 Å². The first-order valence-electron chi connectivity index (χ1n) is 6.83. The van der Waals surface area contributed by atoms with Crippen LogP contribution in [-0.2, 0) is 0 Å². The van der Waals surface area contributed by atoms with E-state index in [1.54, 1.807) is 36.5 Å². The van der Waals surface area contributed by atoms with E-state index in [2.05, 4.69) is 17.0 Å². The molecule has 0 aliphatic rings. The molecule has 0 unspecified atom stereocenters. The average Bonchev–Trinajstić information content (AvgIpc) is 2.81. The summed E-state index contributed by atoms with van der Waals surface area (Å²) in [6.45, 7) is 3.87. The van der Waals surface area contributed by atoms with E-state index in [1.165, 1.54) is 4.68 Å². The highest BCUT2D eigenvalue weighted by atomic mass is 35.5. The fraction of sp³-hybridized carbons (Fsp3) is 0. The van der Waals surface area contributed by atoms with Crippen molar-refractivity contribution in [3.63, 3.8) is 0 Å². The highest BCUT2D eigenvalue weighted by Crippen LogP contribution is 2.20. The summed E-state index contributed by atoms with van der Waals surface area (Å²) in [5.41, 5.74) is 1.13. The topological polar surface area (TPSA) is 49.8 Å². The summed E-state index contributed by atoms with van der Waals surface area (Å²) < 4.78 is 1.40. The second-order valence-corrected chi connectivity index (χ2v) is 5.74. The van der Waals surface area contributed by atoms with Gasteiger partial charge in [-0.15, -0.1) is 0 Å². The average molecular weight is 346 g/mol. The molecule has 1 aromatic heterocycles. The molecule has 1 heterocycles. The molecule has 0 radical (unpaired) electrons. The molecule has 4 nitrogen and oxygen atoms in total. The number of hydrogen-bond donors (Lipinski definition) is 2. The van der Waals surface area contributed by atoms with E-state index in [0.29, 0.717) is 32.0 Å². The van der Waals surface area contributed by atoms with Crippen LogP contribution in [0.1, 0.15) is 0 Å². The molecule has 23 heavy (non-hydrogen) atoms. The number of aromatic amines is 1. The predicted molar refractivity (Wildman–Crippen MR) is 95.7 cm³/mol. The summed E-state index contributed by atoms with van der Waals surface area (Å²) >= 11 is 12.1. The minimum atomic E-state index is -0.225. The number of benzene rings is 2. The second kappa shape index (κ2) is 6.36. The van der Waals surface area contributed by atoms with Crippen LogP contribution in [0.4, 0.5) is 5.69 Å². The molecule has 6 heteroatoms. The van der Waals surface area contributed by atoms with E-state index in [1.807, 2.05) is 18.2 Å². The Morgan fingerprint density at radius 3 is 2.65 bits per heavy atom. The van der Waals surface area contributed by atoms with Crippen molar-refractivity contribution >= 4 is 41.7 Å². The molecule has 0 amide bonds. The number of nitrogens with zero attached hydrogens (tertiary/aromatic N) is 1. The molecule has 3 rings (SSSR count). The van der Waals surface area contributed by atoms with E-state index < -0.39 is 0 Å². The van der Waals surface area contributed by atoms with Gasteiger partial charge >= 0.3 is 0 Å². The summed E-state index contributed by atoms with van der Waals surface area (Å²) in [6, 6.07) is 14.3. The van der Waals surface area contributed by atoms with Gasteiger partial charge in [0.2, 0.25) is 0 Å². The summed E-state index contributed by atoms with van der Waals surface area (Å²) in [4.78, 5) is 12.6. The number of H-pyrrole nitrogens is 1. The lowest BCUT2D eigenvalue weighted by molar-refractivity contribution is 0.838. The van der Waals surface area contributed by atoms with Crippen molar-refractivity contribution < 1.29 is 0 Å². The first-order valence-corrected chi connectivity index (χ1v) is 7.59. The Kier molecular flexibility index (Phi) is 4.28. The van der Waals surface area contributed by atoms with Crippen LogP contribution in [0.25, 0.3) is 18.5 Å². The Morgan fingerprint density at radius 1 is 1.13 bits per heavy atom. The maximum Gasteiger partial charge on any atom is 0.280 e. The van der Waals surface area contributed by atoms with Gasteiger partial charge in [0.15, 0.2) is 0 Å². The van der Waals surface area contributed by atoms with Gasteiger partial charge in [-0.05, 0) is 30.3 Å². The first-order chi connectivity index (χ1) is 11.1. The number of hydrogen-bond acceptors (Lipinski definition) is 2. The van der Waals surface area contributed by atoms with Crippen LogP contribution in [0, 0.1) is 0 Å². The Morgan fingerprint density at radius 2 is 1.91 bits per heavy atom. The number of rotatable bonds is 3. The van der Waals surface area contributed by atoms with Crippen molar-refractivity contribution in [2.45, 2.75) is 0 Å². The number of halogens is 2. The van der Waals surface area contributed by atoms with E-state index in [0.717, 1.165) is 0 Å². The summed E-state index contributed by atoms with van der Waals surface area (Å²) in [6.07, 6.45) is 1.59. The molecule has 0 aliphatic heterocycles. The van der Waals surface area contributed by atoms with E-state index in [-0.39, 0.29) is 5.56 Å². The van der Waals surface area contributed by atoms with Gasteiger partial charge in [-0.3, -0.25) is 9.89 Å². The quantitative estimate of drug-likeness (QED) is 0.766. The fourth-order valence-corrected chi connectivity index (χ4v) is 2.54. The van der Waals surface area contributed by atoms with Gasteiger partial charge in [0, 0.05) is 11.2 Å². The zero-order valence-corrected chi connectivity index (χ0v) is 13.5. The number of anilines is 1. The Bertz CT molecular complexity index is 1020. The molecule has 2 N–H and O–H groups in total. The van der Waals surface area contributed by atoms with Crippen LogP contribution < -0.4 is 21.4 Å². The molecule has 0 saturated carbocycles. The molecule has 0 fully saturated rings. The lowest BCUT2D eigenvalue weighted by Gasteiger charge is -2.01. The van der Waals surface area contributed by atoms with Gasteiger partial charge in [-0.2, -0.15) is 0 Å². The van der Waals surface area contributed by atoms with Gasteiger partial charge < -0.3 is 5.32 Å². The van der Waals surface area contributed by atoms with Crippen molar-refractivity contribution in [3.8, 4) is 5.69 Å². The smallest absolute Gasteiger partial charge is 0.280 e. The molecule has 3 aromatic rings. The standard InChI is InChI=1S/C17H13Cl2N3O/c1-11-14(10-20-16-8-3-2-7-15(16)19)17(23)22(21-11)13-6-4-5-12(18)9-13/h2-10,20-21H,1H2. The summed E-state index contributed by atoms with van der Waals surface area (Å²) in [5.74, 6) is 0. The van der Waals surface area contributed by atoms with Crippen molar-refractivity contribution in [2.75, 3.05) is 5.32 Å². The van der Waals surface area contributed by atoms with Crippen molar-refractivity contribution in [3.05, 3.63) is 79.5 Å². The van der Waals surface area contributed by atoms with Crippen molar-refractivity contribution in [1.82, 2.24) is 9.78 Å². The lowest BCUT2D eigenvalue weighted by Crippen LogP contribution is -2.34. The third-order valence-electron chi connectivity index (χ3n) is 3.32. The van der Waals surface area contributed by atoms with Crippen molar-refractivity contribution in [2.24, 2.45) is 0 Å². The van der Waals surface area contributed by atoms with Crippen LogP contribution in [0.2, 0.25) is 10.0 Å². The maximum atomic E-state index is 12.6. The molecule has 0 bridgehead atoms. The minimum absolute atomic E-state index is 0.225. The Labute approximate surface area is 142 Å². The van der Waals surface area contributed by atoms with Crippen molar-refractivity contribution in [1.29, 1.82) is 0 Å². The SMILES string of the molecule is C=c1[nH]n(-c2cccc(Cl)c2)c(=O)c1=CNc1ccccc1Cl. The van der Waals surface area contributed by atoms with Gasteiger partial charge in [0.05, 0.1) is 27.0 Å². The van der Waals surface area contributed by atoms with E-state index >= 15 is 0 Å². The zero-order valence-electron chi connectivity index (χ0n) is 12.0. The molecule has 0 saturated heterocycles. The Balaban J connectivity index is 2.05. The number of nitrogens with one attached hydrogen (secondary N) is 2. The van der Waals surface area contributed by atoms with Gasteiger partial charge in [0.1, 0.15) is 0 Å². The first kappa shape index (κ1) is 15.5. The monoisotopic (exact) mass is 345 g/mol.